The second kappa shape index (κ2) is 5.76. The Morgan fingerprint density at radius 1 is 1.41 bits per heavy atom. The molecule has 0 aromatic heterocycles. The molecular formula is C13H18O3S. The van der Waals surface area contributed by atoms with Gasteiger partial charge in [0.05, 0.1) is 25.2 Å². The molecule has 0 aliphatic carbocycles. The van der Waals surface area contributed by atoms with E-state index in [0.29, 0.717) is 19.8 Å². The second-order valence-corrected chi connectivity index (χ2v) is 5.63. The highest BCUT2D eigenvalue weighted by Crippen LogP contribution is 2.32. The lowest BCUT2D eigenvalue weighted by Gasteiger charge is -2.39. The van der Waals surface area contributed by atoms with Crippen LogP contribution in [0.1, 0.15) is 6.92 Å². The summed E-state index contributed by atoms with van der Waals surface area (Å²) < 4.78 is 11.0. The molecule has 2 rings (SSSR count). The molecule has 1 saturated heterocycles. The maximum absolute atomic E-state index is 9.32. The molecule has 1 aromatic rings. The van der Waals surface area contributed by atoms with Crippen LogP contribution in [-0.4, -0.2) is 37.3 Å². The summed E-state index contributed by atoms with van der Waals surface area (Å²) in [5.74, 6) is 1.92. The normalized spacial score (nSPS) is 17.5. The minimum Gasteiger partial charge on any atom is -0.492 e. The van der Waals surface area contributed by atoms with Crippen molar-refractivity contribution < 1.29 is 14.6 Å². The van der Waals surface area contributed by atoms with Gasteiger partial charge in [0.1, 0.15) is 12.4 Å². The van der Waals surface area contributed by atoms with Crippen LogP contribution in [0.3, 0.4) is 0 Å². The minimum atomic E-state index is -0.190. The lowest BCUT2D eigenvalue weighted by atomic mass is 9.88. The standard InChI is InChI=1S/C13H18O3S/c1-2-17-12-6-4-3-5-11(12)16-10-13(7-14)8-15-9-13/h3-6,14H,2,7-10H2,1H3. The molecule has 1 heterocycles. The first-order valence-electron chi connectivity index (χ1n) is 5.83. The first-order chi connectivity index (χ1) is 8.29. The third-order valence-corrected chi connectivity index (χ3v) is 3.77. The van der Waals surface area contributed by atoms with Gasteiger partial charge in [-0.05, 0) is 17.9 Å². The number of benzene rings is 1. The third-order valence-electron chi connectivity index (χ3n) is 2.83. The molecule has 0 unspecified atom stereocenters. The number of thioether (sulfide) groups is 1. The Labute approximate surface area is 106 Å². The van der Waals surface area contributed by atoms with Crippen LogP contribution < -0.4 is 4.74 Å². The molecule has 4 heteroatoms. The maximum atomic E-state index is 9.32. The predicted molar refractivity (Wildman–Crippen MR) is 68.7 cm³/mol. The zero-order valence-electron chi connectivity index (χ0n) is 10.0. The van der Waals surface area contributed by atoms with Crippen molar-refractivity contribution in [3.63, 3.8) is 0 Å². The Kier molecular flexibility index (Phi) is 4.31. The van der Waals surface area contributed by atoms with Crippen LogP contribution in [0.15, 0.2) is 29.2 Å². The number of para-hydroxylation sites is 1. The Balaban J connectivity index is 1.98. The summed E-state index contributed by atoms with van der Waals surface area (Å²) in [5.41, 5.74) is -0.190. The van der Waals surface area contributed by atoms with E-state index in [-0.39, 0.29) is 12.0 Å². The van der Waals surface area contributed by atoms with Crippen molar-refractivity contribution in [3.05, 3.63) is 24.3 Å². The maximum Gasteiger partial charge on any atom is 0.132 e. The Bertz CT molecular complexity index is 358. The Hall–Kier alpha value is -0.710. The molecule has 0 bridgehead atoms. The van der Waals surface area contributed by atoms with Crippen LogP contribution in [0.2, 0.25) is 0 Å². The highest BCUT2D eigenvalue weighted by molar-refractivity contribution is 7.99. The van der Waals surface area contributed by atoms with Crippen LogP contribution in [0.5, 0.6) is 5.75 Å². The van der Waals surface area contributed by atoms with Gasteiger partial charge in [-0.15, -0.1) is 11.8 Å². The summed E-state index contributed by atoms with van der Waals surface area (Å²) in [4.78, 5) is 1.16. The Morgan fingerprint density at radius 2 is 2.18 bits per heavy atom. The fraction of sp³-hybridized carbons (Fsp3) is 0.538. The molecular weight excluding hydrogens is 236 g/mol. The molecule has 3 nitrogen and oxygen atoms in total. The summed E-state index contributed by atoms with van der Waals surface area (Å²) in [5, 5.41) is 9.32. The summed E-state index contributed by atoms with van der Waals surface area (Å²) in [6.07, 6.45) is 0. The minimum absolute atomic E-state index is 0.121. The van der Waals surface area contributed by atoms with Crippen molar-refractivity contribution in [1.82, 2.24) is 0 Å². The van der Waals surface area contributed by atoms with E-state index in [2.05, 4.69) is 13.0 Å². The van der Waals surface area contributed by atoms with Crippen molar-refractivity contribution in [3.8, 4) is 5.75 Å². The highest BCUT2D eigenvalue weighted by Gasteiger charge is 2.39. The van der Waals surface area contributed by atoms with Crippen molar-refractivity contribution in [2.45, 2.75) is 11.8 Å². The van der Waals surface area contributed by atoms with Crippen molar-refractivity contribution in [2.24, 2.45) is 5.41 Å². The van der Waals surface area contributed by atoms with Crippen LogP contribution in [-0.2, 0) is 4.74 Å². The van der Waals surface area contributed by atoms with Crippen LogP contribution in [0.25, 0.3) is 0 Å². The molecule has 0 saturated carbocycles. The van der Waals surface area contributed by atoms with E-state index in [4.69, 9.17) is 9.47 Å². The number of hydrogen-bond donors (Lipinski definition) is 1. The van der Waals surface area contributed by atoms with E-state index in [9.17, 15) is 5.11 Å². The summed E-state index contributed by atoms with van der Waals surface area (Å²) in [7, 11) is 0. The zero-order valence-corrected chi connectivity index (χ0v) is 10.8. The summed E-state index contributed by atoms with van der Waals surface area (Å²) >= 11 is 1.77. The van der Waals surface area contributed by atoms with Crippen LogP contribution in [0, 0.1) is 5.41 Å². The molecule has 0 amide bonds. The smallest absolute Gasteiger partial charge is 0.132 e. The highest BCUT2D eigenvalue weighted by atomic mass is 32.2. The van der Waals surface area contributed by atoms with Crippen molar-refractivity contribution in [1.29, 1.82) is 0 Å². The van der Waals surface area contributed by atoms with Gasteiger partial charge in [0, 0.05) is 4.90 Å². The predicted octanol–water partition coefficient (Wildman–Crippen LogP) is 2.19. The van der Waals surface area contributed by atoms with Gasteiger partial charge in [-0.25, -0.2) is 0 Å². The molecule has 1 N–H and O–H groups in total. The molecule has 1 aliphatic heterocycles. The van der Waals surface area contributed by atoms with Gasteiger partial charge >= 0.3 is 0 Å². The van der Waals surface area contributed by atoms with E-state index in [1.54, 1.807) is 11.8 Å². The van der Waals surface area contributed by atoms with Gasteiger partial charge in [0.2, 0.25) is 0 Å². The topological polar surface area (TPSA) is 38.7 Å². The van der Waals surface area contributed by atoms with Gasteiger partial charge in [0.25, 0.3) is 0 Å². The lowest BCUT2D eigenvalue weighted by molar-refractivity contribution is -0.153. The van der Waals surface area contributed by atoms with E-state index >= 15 is 0 Å². The van der Waals surface area contributed by atoms with Gasteiger partial charge in [0.15, 0.2) is 0 Å². The Morgan fingerprint density at radius 3 is 2.76 bits per heavy atom. The van der Waals surface area contributed by atoms with E-state index in [0.717, 1.165) is 16.4 Å². The molecule has 1 aromatic carbocycles. The molecule has 94 valence electrons. The number of ether oxygens (including phenoxy) is 2. The molecule has 0 radical (unpaired) electrons. The van der Waals surface area contributed by atoms with Crippen LogP contribution >= 0.6 is 11.8 Å². The van der Waals surface area contributed by atoms with Gasteiger partial charge < -0.3 is 14.6 Å². The molecule has 0 atom stereocenters. The molecule has 1 aliphatic rings. The van der Waals surface area contributed by atoms with E-state index in [1.165, 1.54) is 0 Å². The van der Waals surface area contributed by atoms with Gasteiger partial charge in [-0.1, -0.05) is 19.1 Å². The average molecular weight is 254 g/mol. The third kappa shape index (κ3) is 2.94. The van der Waals surface area contributed by atoms with E-state index in [1.807, 2.05) is 18.2 Å². The quantitative estimate of drug-likeness (QED) is 0.790. The van der Waals surface area contributed by atoms with E-state index < -0.39 is 0 Å². The largest absolute Gasteiger partial charge is 0.492 e. The second-order valence-electron chi connectivity index (χ2n) is 4.32. The van der Waals surface area contributed by atoms with Crippen molar-refractivity contribution >= 4 is 11.8 Å². The van der Waals surface area contributed by atoms with Gasteiger partial charge in [-0.3, -0.25) is 0 Å². The monoisotopic (exact) mass is 254 g/mol. The number of hydrogen-bond acceptors (Lipinski definition) is 4. The number of rotatable bonds is 6. The first kappa shape index (κ1) is 12.7. The SMILES string of the molecule is CCSc1ccccc1OCC1(CO)COC1. The summed E-state index contributed by atoms with van der Waals surface area (Å²) in [6.45, 7) is 3.94. The molecule has 1 fully saturated rings. The van der Waals surface area contributed by atoms with Gasteiger partial charge in [-0.2, -0.15) is 0 Å². The summed E-state index contributed by atoms with van der Waals surface area (Å²) in [6, 6.07) is 8.02. The fourth-order valence-electron chi connectivity index (χ4n) is 1.69. The number of aliphatic hydroxyl groups excluding tert-OH is 1. The van der Waals surface area contributed by atoms with Crippen LogP contribution in [0.4, 0.5) is 0 Å². The number of aliphatic hydroxyl groups is 1. The fourth-order valence-corrected chi connectivity index (χ4v) is 2.44. The molecule has 17 heavy (non-hydrogen) atoms. The first-order valence-corrected chi connectivity index (χ1v) is 6.81. The lowest BCUT2D eigenvalue weighted by Crippen LogP contribution is -2.49. The van der Waals surface area contributed by atoms with Crippen molar-refractivity contribution in [2.75, 3.05) is 32.2 Å². The molecule has 0 spiro atoms. The zero-order chi connectivity index (χ0) is 12.1. The average Bonchev–Trinajstić information content (AvgIpc) is 2.31.